The fourth-order valence-corrected chi connectivity index (χ4v) is 3.64. The molecule has 150 valence electrons. The molecule has 3 heterocycles. The van der Waals surface area contributed by atoms with Crippen LogP contribution < -0.4 is 10.1 Å². The normalized spacial score (nSPS) is 11.3. The van der Waals surface area contributed by atoms with Crippen LogP contribution in [0.3, 0.4) is 0 Å². The Morgan fingerprint density at radius 2 is 2.00 bits per heavy atom. The molecule has 0 fully saturated rings. The molecule has 0 aliphatic rings. The molecule has 0 aliphatic carbocycles. The highest BCUT2D eigenvalue weighted by Gasteiger charge is 2.10. The molecular weight excluding hydrogens is 384 g/mol. The van der Waals surface area contributed by atoms with E-state index >= 15 is 0 Å². The summed E-state index contributed by atoms with van der Waals surface area (Å²) in [6.45, 7) is 2.40. The van der Waals surface area contributed by atoms with Gasteiger partial charge >= 0.3 is 0 Å². The molecule has 1 N–H and O–H groups in total. The standard InChI is InChI=1S/C21H24N6OS/c1-26(2)11-6-12-28-19-10-9-17(14-22-19)18-15-27-21(24-18)29-20(25-27)23-13-16-7-4-3-5-8-16/h3-5,7-10,14-15H,6,11-13H2,1-2H3,(H,23,25). The number of nitrogens with zero attached hydrogens (tertiary/aromatic N) is 5. The predicted octanol–water partition coefficient (Wildman–Crippen LogP) is 3.80. The van der Waals surface area contributed by atoms with E-state index in [2.05, 4.69) is 51.5 Å². The third kappa shape index (κ3) is 5.10. The topological polar surface area (TPSA) is 67.6 Å². The number of nitrogens with one attached hydrogen (secondary N) is 1. The van der Waals surface area contributed by atoms with E-state index in [4.69, 9.17) is 4.74 Å². The predicted molar refractivity (Wildman–Crippen MR) is 117 cm³/mol. The summed E-state index contributed by atoms with van der Waals surface area (Å²) in [5.74, 6) is 0.638. The van der Waals surface area contributed by atoms with Crippen molar-refractivity contribution in [3.63, 3.8) is 0 Å². The quantitative estimate of drug-likeness (QED) is 0.425. The maximum Gasteiger partial charge on any atom is 0.214 e. The number of fused-ring (bicyclic) bond motifs is 1. The highest BCUT2D eigenvalue weighted by molar-refractivity contribution is 7.20. The Bertz CT molecular complexity index is 1010. The van der Waals surface area contributed by atoms with E-state index in [0.717, 1.165) is 40.9 Å². The first-order valence-electron chi connectivity index (χ1n) is 9.55. The number of anilines is 1. The van der Waals surface area contributed by atoms with Crippen molar-refractivity contribution < 1.29 is 4.74 Å². The van der Waals surface area contributed by atoms with Gasteiger partial charge in [0.2, 0.25) is 16.0 Å². The van der Waals surface area contributed by atoms with Crippen LogP contribution in [-0.4, -0.2) is 51.7 Å². The van der Waals surface area contributed by atoms with E-state index in [1.165, 1.54) is 16.9 Å². The van der Waals surface area contributed by atoms with E-state index in [1.54, 1.807) is 10.7 Å². The molecule has 4 aromatic rings. The zero-order chi connectivity index (χ0) is 20.1. The van der Waals surface area contributed by atoms with Crippen molar-refractivity contribution in [1.82, 2.24) is 24.5 Å². The van der Waals surface area contributed by atoms with E-state index < -0.39 is 0 Å². The van der Waals surface area contributed by atoms with Gasteiger partial charge in [-0.05, 0) is 32.1 Å². The molecule has 7 nitrogen and oxygen atoms in total. The average Bonchev–Trinajstić information content (AvgIpc) is 3.30. The largest absolute Gasteiger partial charge is 0.478 e. The molecule has 0 atom stereocenters. The maximum atomic E-state index is 5.69. The average molecular weight is 409 g/mol. The van der Waals surface area contributed by atoms with Crippen LogP contribution in [-0.2, 0) is 6.54 Å². The Morgan fingerprint density at radius 1 is 1.14 bits per heavy atom. The van der Waals surface area contributed by atoms with Crippen molar-refractivity contribution in [3.8, 4) is 17.1 Å². The number of benzene rings is 1. The number of hydrogen-bond acceptors (Lipinski definition) is 7. The minimum atomic E-state index is 0.638. The zero-order valence-corrected chi connectivity index (χ0v) is 17.4. The van der Waals surface area contributed by atoms with Crippen molar-refractivity contribution in [3.05, 3.63) is 60.4 Å². The van der Waals surface area contributed by atoms with Crippen LogP contribution in [0.15, 0.2) is 54.9 Å². The van der Waals surface area contributed by atoms with Crippen LogP contribution in [0, 0.1) is 0 Å². The molecule has 0 aliphatic heterocycles. The number of rotatable bonds is 9. The van der Waals surface area contributed by atoms with Gasteiger partial charge in [-0.3, -0.25) is 0 Å². The lowest BCUT2D eigenvalue weighted by Gasteiger charge is -2.09. The Kier molecular flexibility index (Phi) is 6.02. The van der Waals surface area contributed by atoms with Crippen LogP contribution in [0.1, 0.15) is 12.0 Å². The molecule has 3 aromatic heterocycles. The van der Waals surface area contributed by atoms with Crippen LogP contribution in [0.4, 0.5) is 5.13 Å². The first-order chi connectivity index (χ1) is 14.2. The first-order valence-corrected chi connectivity index (χ1v) is 10.4. The lowest BCUT2D eigenvalue weighted by Crippen LogP contribution is -2.15. The van der Waals surface area contributed by atoms with Gasteiger partial charge in [-0.2, -0.15) is 0 Å². The summed E-state index contributed by atoms with van der Waals surface area (Å²) in [5.41, 5.74) is 3.02. The van der Waals surface area contributed by atoms with Crippen LogP contribution >= 0.6 is 11.3 Å². The smallest absolute Gasteiger partial charge is 0.214 e. The third-order valence-electron chi connectivity index (χ3n) is 4.36. The first kappa shape index (κ1) is 19.4. The fourth-order valence-electron chi connectivity index (χ4n) is 2.86. The molecule has 0 saturated heterocycles. The summed E-state index contributed by atoms with van der Waals surface area (Å²) >= 11 is 1.53. The van der Waals surface area contributed by atoms with Gasteiger partial charge in [0.15, 0.2) is 0 Å². The number of pyridine rings is 1. The van der Waals surface area contributed by atoms with Gasteiger partial charge in [0.1, 0.15) is 0 Å². The van der Waals surface area contributed by atoms with E-state index in [1.807, 2.05) is 36.5 Å². The summed E-state index contributed by atoms with van der Waals surface area (Å²) in [5, 5.41) is 8.77. The summed E-state index contributed by atoms with van der Waals surface area (Å²) in [6.07, 6.45) is 4.69. The second-order valence-electron chi connectivity index (χ2n) is 6.99. The van der Waals surface area contributed by atoms with Gasteiger partial charge in [0, 0.05) is 30.9 Å². The van der Waals surface area contributed by atoms with Gasteiger partial charge in [-0.25, -0.2) is 14.5 Å². The Balaban J connectivity index is 1.36. The molecule has 0 radical (unpaired) electrons. The van der Waals surface area contributed by atoms with Crippen LogP contribution in [0.5, 0.6) is 5.88 Å². The Labute approximate surface area is 174 Å². The minimum Gasteiger partial charge on any atom is -0.478 e. The molecule has 0 unspecified atom stereocenters. The summed E-state index contributed by atoms with van der Waals surface area (Å²) in [7, 11) is 4.11. The van der Waals surface area contributed by atoms with Crippen molar-refractivity contribution in [2.24, 2.45) is 0 Å². The van der Waals surface area contributed by atoms with Crippen molar-refractivity contribution in [2.75, 3.05) is 32.6 Å². The molecule has 0 amide bonds. The molecule has 1 aromatic carbocycles. The summed E-state index contributed by atoms with van der Waals surface area (Å²) < 4.78 is 7.49. The monoisotopic (exact) mass is 408 g/mol. The van der Waals surface area contributed by atoms with Crippen LogP contribution in [0.25, 0.3) is 16.2 Å². The molecular formula is C21H24N6OS. The van der Waals surface area contributed by atoms with Crippen molar-refractivity contribution in [2.45, 2.75) is 13.0 Å². The van der Waals surface area contributed by atoms with Gasteiger partial charge in [-0.15, -0.1) is 5.10 Å². The van der Waals surface area contributed by atoms with E-state index in [-0.39, 0.29) is 0 Å². The Hall–Kier alpha value is -2.97. The maximum absolute atomic E-state index is 5.69. The molecule has 29 heavy (non-hydrogen) atoms. The highest BCUT2D eigenvalue weighted by Crippen LogP contribution is 2.25. The second kappa shape index (κ2) is 9.02. The number of ether oxygens (including phenoxy) is 1. The number of imidazole rings is 1. The van der Waals surface area contributed by atoms with Gasteiger partial charge in [0.05, 0.1) is 18.5 Å². The molecule has 0 spiro atoms. The van der Waals surface area contributed by atoms with Crippen molar-refractivity contribution in [1.29, 1.82) is 0 Å². The van der Waals surface area contributed by atoms with Crippen LogP contribution in [0.2, 0.25) is 0 Å². The SMILES string of the molecule is CN(C)CCCOc1ccc(-c2cn3nc(NCc4ccccc4)sc3n2)cn1. The lowest BCUT2D eigenvalue weighted by molar-refractivity contribution is 0.273. The van der Waals surface area contributed by atoms with E-state index in [0.29, 0.717) is 12.5 Å². The molecule has 0 saturated carbocycles. The third-order valence-corrected chi connectivity index (χ3v) is 5.24. The molecule has 8 heteroatoms. The summed E-state index contributed by atoms with van der Waals surface area (Å²) in [6, 6.07) is 14.1. The zero-order valence-electron chi connectivity index (χ0n) is 16.6. The molecule has 4 rings (SSSR count). The second-order valence-corrected chi connectivity index (χ2v) is 7.95. The number of aromatic nitrogens is 4. The van der Waals surface area contributed by atoms with Gasteiger partial charge < -0.3 is 15.0 Å². The lowest BCUT2D eigenvalue weighted by atomic mass is 10.2. The van der Waals surface area contributed by atoms with Gasteiger partial charge in [-0.1, -0.05) is 41.7 Å². The molecule has 0 bridgehead atoms. The minimum absolute atomic E-state index is 0.638. The van der Waals surface area contributed by atoms with Crippen molar-refractivity contribution >= 4 is 21.4 Å². The van der Waals surface area contributed by atoms with E-state index in [9.17, 15) is 0 Å². The Morgan fingerprint density at radius 3 is 2.72 bits per heavy atom. The summed E-state index contributed by atoms with van der Waals surface area (Å²) in [4.78, 5) is 12.1. The highest BCUT2D eigenvalue weighted by atomic mass is 32.1. The van der Waals surface area contributed by atoms with Gasteiger partial charge in [0.25, 0.3) is 0 Å². The fraction of sp³-hybridized carbons (Fsp3) is 0.286. The number of hydrogen-bond donors (Lipinski definition) is 1.